The fourth-order valence-corrected chi connectivity index (χ4v) is 3.86. The van der Waals surface area contributed by atoms with Crippen molar-refractivity contribution in [3.05, 3.63) is 35.9 Å². The van der Waals surface area contributed by atoms with Crippen molar-refractivity contribution >= 4 is 12.0 Å². The maximum absolute atomic E-state index is 13.3. The number of hydrogen-bond acceptors (Lipinski definition) is 6. The number of piperidine rings is 1. The van der Waals surface area contributed by atoms with Crippen LogP contribution in [0.2, 0.25) is 0 Å². The van der Waals surface area contributed by atoms with Gasteiger partial charge in [-0.25, -0.2) is 19.4 Å². The topological polar surface area (TPSA) is 93.5 Å². The van der Waals surface area contributed by atoms with Gasteiger partial charge < -0.3 is 14.5 Å². The second kappa shape index (κ2) is 8.28. The van der Waals surface area contributed by atoms with Gasteiger partial charge in [-0.2, -0.15) is 5.10 Å². The van der Waals surface area contributed by atoms with E-state index >= 15 is 0 Å². The third-order valence-electron chi connectivity index (χ3n) is 5.49. The van der Waals surface area contributed by atoms with E-state index < -0.39 is 5.60 Å². The van der Waals surface area contributed by atoms with Crippen molar-refractivity contribution in [3.63, 3.8) is 0 Å². The van der Waals surface area contributed by atoms with Crippen LogP contribution in [-0.2, 0) is 4.74 Å². The normalized spacial score (nSPS) is 17.5. The minimum absolute atomic E-state index is 0.0404. The monoisotopic (exact) mass is 426 g/mol. The van der Waals surface area contributed by atoms with E-state index in [1.165, 1.54) is 0 Å². The number of carbonyl (C=O) groups is 2. The predicted molar refractivity (Wildman–Crippen MR) is 114 cm³/mol. The molecule has 1 saturated carbocycles. The summed E-state index contributed by atoms with van der Waals surface area (Å²) in [6.07, 6.45) is 9.97. The second-order valence-corrected chi connectivity index (χ2v) is 9.38. The highest BCUT2D eigenvalue weighted by molar-refractivity contribution is 5.94. The Morgan fingerprint density at radius 3 is 2.16 bits per heavy atom. The third-order valence-corrected chi connectivity index (χ3v) is 5.49. The lowest BCUT2D eigenvalue weighted by Crippen LogP contribution is -2.50. The highest BCUT2D eigenvalue weighted by Gasteiger charge is 2.40. The molecule has 2 aromatic rings. The molecule has 4 rings (SSSR count). The van der Waals surface area contributed by atoms with E-state index in [4.69, 9.17) is 4.74 Å². The molecule has 3 heterocycles. The van der Waals surface area contributed by atoms with E-state index in [9.17, 15) is 9.59 Å². The zero-order chi connectivity index (χ0) is 22.2. The number of ether oxygens (including phenoxy) is 1. The lowest BCUT2D eigenvalue weighted by molar-refractivity contribution is 0.0142. The van der Waals surface area contributed by atoms with Gasteiger partial charge in [-0.15, -0.1) is 0 Å². The molecule has 0 radical (unpaired) electrons. The fraction of sp³-hybridized carbons (Fsp3) is 0.591. The van der Waals surface area contributed by atoms with Gasteiger partial charge in [-0.1, -0.05) is 0 Å². The average molecular weight is 427 g/mol. The van der Waals surface area contributed by atoms with Crippen molar-refractivity contribution in [2.45, 2.75) is 71.1 Å². The van der Waals surface area contributed by atoms with Gasteiger partial charge in [0.1, 0.15) is 5.60 Å². The summed E-state index contributed by atoms with van der Waals surface area (Å²) in [6.45, 7) is 8.72. The Hall–Kier alpha value is -2.97. The van der Waals surface area contributed by atoms with Crippen LogP contribution < -0.4 is 0 Å². The summed E-state index contributed by atoms with van der Waals surface area (Å²) in [5.41, 5.74) is 0.987. The van der Waals surface area contributed by atoms with Crippen molar-refractivity contribution in [2.75, 3.05) is 13.1 Å². The number of hydrogen-bond donors (Lipinski definition) is 0. The van der Waals surface area contributed by atoms with Crippen LogP contribution in [-0.4, -0.2) is 72.3 Å². The van der Waals surface area contributed by atoms with Gasteiger partial charge in [0.15, 0.2) is 0 Å². The number of rotatable bonds is 4. The van der Waals surface area contributed by atoms with Crippen LogP contribution in [0.1, 0.15) is 62.4 Å². The Morgan fingerprint density at radius 1 is 1.03 bits per heavy atom. The summed E-state index contributed by atoms with van der Waals surface area (Å²) in [6, 6.07) is 0.367. The summed E-state index contributed by atoms with van der Waals surface area (Å²) in [5, 5.41) is 4.20. The van der Waals surface area contributed by atoms with Gasteiger partial charge >= 0.3 is 6.09 Å². The molecule has 1 saturated heterocycles. The highest BCUT2D eigenvalue weighted by atomic mass is 16.6. The van der Waals surface area contributed by atoms with E-state index in [-0.39, 0.29) is 24.1 Å². The average Bonchev–Trinajstić information content (AvgIpc) is 3.46. The summed E-state index contributed by atoms with van der Waals surface area (Å²) < 4.78 is 7.07. The van der Waals surface area contributed by atoms with Crippen LogP contribution in [0.3, 0.4) is 0 Å². The molecule has 9 heteroatoms. The van der Waals surface area contributed by atoms with Gasteiger partial charge in [0.2, 0.25) is 5.95 Å². The molecular weight excluding hydrogens is 396 g/mol. The lowest BCUT2D eigenvalue weighted by atomic mass is 10.0. The van der Waals surface area contributed by atoms with Crippen LogP contribution in [0.5, 0.6) is 0 Å². The number of amides is 2. The van der Waals surface area contributed by atoms with Crippen LogP contribution in [0, 0.1) is 6.92 Å². The fourth-order valence-electron chi connectivity index (χ4n) is 3.86. The minimum Gasteiger partial charge on any atom is -0.444 e. The SMILES string of the molecule is Cc1cnn(-c2ncc(C(=O)N(C3CC3)C3CCN(C(=O)OC(C)(C)C)CC3)cn2)c1. The molecule has 1 aliphatic carbocycles. The zero-order valence-electron chi connectivity index (χ0n) is 18.6. The molecule has 1 aliphatic heterocycles. The maximum Gasteiger partial charge on any atom is 0.410 e. The Bertz CT molecular complexity index is 937. The minimum atomic E-state index is -0.509. The number of likely N-dealkylation sites (tertiary alicyclic amines) is 1. The maximum atomic E-state index is 13.3. The molecule has 0 unspecified atom stereocenters. The van der Waals surface area contributed by atoms with Crippen molar-refractivity contribution in [2.24, 2.45) is 0 Å². The zero-order valence-corrected chi connectivity index (χ0v) is 18.6. The van der Waals surface area contributed by atoms with Gasteiger partial charge in [0.25, 0.3) is 5.91 Å². The number of carbonyl (C=O) groups excluding carboxylic acids is 2. The Balaban J connectivity index is 1.41. The Kier molecular flexibility index (Phi) is 5.68. The highest BCUT2D eigenvalue weighted by Crippen LogP contribution is 2.33. The molecular formula is C22H30N6O3. The van der Waals surface area contributed by atoms with Gasteiger partial charge in [-0.05, 0) is 58.9 Å². The van der Waals surface area contributed by atoms with Crippen LogP contribution >= 0.6 is 0 Å². The van der Waals surface area contributed by atoms with Crippen molar-refractivity contribution < 1.29 is 14.3 Å². The van der Waals surface area contributed by atoms with Crippen molar-refractivity contribution in [1.82, 2.24) is 29.5 Å². The number of aryl methyl sites for hydroxylation is 1. The number of aromatic nitrogens is 4. The summed E-state index contributed by atoms with van der Waals surface area (Å²) in [5.74, 6) is 0.398. The molecule has 2 amide bonds. The molecule has 0 atom stereocenters. The van der Waals surface area contributed by atoms with Crippen LogP contribution in [0.4, 0.5) is 4.79 Å². The first kappa shape index (κ1) is 21.3. The van der Waals surface area contributed by atoms with Crippen LogP contribution in [0.15, 0.2) is 24.8 Å². The summed E-state index contributed by atoms with van der Waals surface area (Å²) >= 11 is 0. The van der Waals surface area contributed by atoms with E-state index in [1.807, 2.05) is 38.8 Å². The third kappa shape index (κ3) is 5.03. The standard InChI is InChI=1S/C22H30N6O3/c1-15-11-25-27(14-15)20-23-12-16(13-24-20)19(29)28(17-5-6-17)18-7-9-26(10-8-18)21(30)31-22(2,3)4/h11-14,17-18H,5-10H2,1-4H3. The first-order valence-corrected chi connectivity index (χ1v) is 10.9. The van der Waals surface area contributed by atoms with Crippen LogP contribution in [0.25, 0.3) is 5.95 Å². The summed E-state index contributed by atoms with van der Waals surface area (Å²) in [4.78, 5) is 38.0. The van der Waals surface area contributed by atoms with E-state index in [1.54, 1.807) is 28.2 Å². The predicted octanol–water partition coefficient (Wildman–Crippen LogP) is 2.97. The van der Waals surface area contributed by atoms with E-state index in [2.05, 4.69) is 15.1 Å². The molecule has 0 spiro atoms. The van der Waals surface area contributed by atoms with Crippen molar-refractivity contribution in [1.29, 1.82) is 0 Å². The van der Waals surface area contributed by atoms with E-state index in [0.29, 0.717) is 24.6 Å². The summed E-state index contributed by atoms with van der Waals surface area (Å²) in [7, 11) is 0. The first-order chi connectivity index (χ1) is 14.7. The van der Waals surface area contributed by atoms with Gasteiger partial charge in [0.05, 0.1) is 11.8 Å². The Morgan fingerprint density at radius 2 is 1.65 bits per heavy atom. The van der Waals surface area contributed by atoms with Gasteiger partial charge in [0, 0.05) is 43.8 Å². The molecule has 2 aliphatic rings. The molecule has 9 nitrogen and oxygen atoms in total. The molecule has 2 aromatic heterocycles. The lowest BCUT2D eigenvalue weighted by Gasteiger charge is -2.39. The first-order valence-electron chi connectivity index (χ1n) is 10.9. The molecule has 2 fully saturated rings. The molecule has 166 valence electrons. The molecule has 0 bridgehead atoms. The number of nitrogens with zero attached hydrogens (tertiary/aromatic N) is 6. The van der Waals surface area contributed by atoms with Crippen molar-refractivity contribution in [3.8, 4) is 5.95 Å². The van der Waals surface area contributed by atoms with Gasteiger partial charge in [-0.3, -0.25) is 4.79 Å². The molecule has 0 N–H and O–H groups in total. The van der Waals surface area contributed by atoms with E-state index in [0.717, 1.165) is 31.2 Å². The quantitative estimate of drug-likeness (QED) is 0.746. The Labute approximate surface area is 182 Å². The smallest absolute Gasteiger partial charge is 0.410 e. The largest absolute Gasteiger partial charge is 0.444 e. The molecule has 31 heavy (non-hydrogen) atoms. The molecule has 0 aromatic carbocycles. The second-order valence-electron chi connectivity index (χ2n) is 9.38.